The largest absolute Gasteiger partial charge is 0.472 e. The van der Waals surface area contributed by atoms with Crippen LogP contribution in [0.3, 0.4) is 0 Å². The van der Waals surface area contributed by atoms with Crippen LogP contribution in [-0.4, -0.2) is 235 Å². The van der Waals surface area contributed by atoms with Gasteiger partial charge in [-0.15, -0.1) is 0 Å². The van der Waals surface area contributed by atoms with E-state index < -0.39 is 255 Å². The lowest BCUT2D eigenvalue weighted by Crippen LogP contribution is -2.32. The summed E-state index contributed by atoms with van der Waals surface area (Å²) in [6.45, 7) is -5.97. The number of imidazole rings is 3. The van der Waals surface area contributed by atoms with Crippen molar-refractivity contribution in [2.45, 2.75) is 149 Å². The number of aromatic nitrogens is 18. The molecule has 6 aliphatic heterocycles. The van der Waals surface area contributed by atoms with Crippen molar-refractivity contribution in [3.63, 3.8) is 0 Å². The van der Waals surface area contributed by atoms with Gasteiger partial charge in [0.15, 0.2) is 33.5 Å². The van der Waals surface area contributed by atoms with Gasteiger partial charge in [0.1, 0.15) is 122 Å². The minimum absolute atomic E-state index is 0.00838. The van der Waals surface area contributed by atoms with E-state index >= 15 is 0 Å². The summed E-state index contributed by atoms with van der Waals surface area (Å²) in [7, 11) is -27.5. The first-order chi connectivity index (χ1) is 56.8. The van der Waals surface area contributed by atoms with Gasteiger partial charge in [-0.1, -0.05) is 0 Å². The summed E-state index contributed by atoms with van der Waals surface area (Å²) in [5.41, 5.74) is 28.4. The molecule has 5 unspecified atom stereocenters. The van der Waals surface area contributed by atoms with Gasteiger partial charge in [-0.25, -0.2) is 52.2 Å². The van der Waals surface area contributed by atoms with Crippen LogP contribution >= 0.6 is 39.1 Å². The maximum atomic E-state index is 14.4. The molecule has 15 rings (SSSR count). The van der Waals surface area contributed by atoms with Gasteiger partial charge in [0, 0.05) is 57.1 Å². The van der Waals surface area contributed by atoms with E-state index in [1.165, 1.54) is 39.9 Å². The number of nitrogens with zero attached hydrogens (tertiary/aromatic N) is 15. The van der Waals surface area contributed by atoms with E-state index in [4.69, 9.17) is 108 Å². The fraction of sp³-hybridized carbons (Fsp3) is 0.526. The molecule has 0 radical (unpaired) electrons. The van der Waals surface area contributed by atoms with Crippen molar-refractivity contribution in [3.8, 4) is 0 Å². The number of nitrogens with two attached hydrogens (primary N) is 6. The number of hydrogen-bond donors (Lipinski definition) is 16. The summed E-state index contributed by atoms with van der Waals surface area (Å²) < 4.78 is 168. The number of aromatic amines is 3. The van der Waals surface area contributed by atoms with Crippen molar-refractivity contribution in [3.05, 3.63) is 118 Å². The Morgan fingerprint density at radius 2 is 0.608 bits per heavy atom. The highest BCUT2D eigenvalue weighted by Crippen LogP contribution is 2.56. The smallest absolute Gasteiger partial charge is 0.394 e. The molecule has 0 aliphatic carbocycles. The highest BCUT2D eigenvalue weighted by Gasteiger charge is 2.52. The molecule has 22 N–H and O–H groups in total. The predicted octanol–water partition coefficient (Wildman–Crippen LogP) is -3.76. The predicted molar refractivity (Wildman–Crippen MR) is 394 cm³/mol. The van der Waals surface area contributed by atoms with Crippen LogP contribution in [0, 0.1) is 0 Å². The van der Waals surface area contributed by atoms with Gasteiger partial charge in [-0.05, 0) is 18.2 Å². The number of phosphoric acid groups is 5. The number of nitrogen functional groups attached to an aromatic ring is 6. The first kappa shape index (κ1) is 85.7. The van der Waals surface area contributed by atoms with Crippen molar-refractivity contribution in [2.75, 3.05) is 74.0 Å². The van der Waals surface area contributed by atoms with Crippen LogP contribution in [0.1, 0.15) is 75.9 Å². The standard InChI is InChI=1S/C57H73N24O34P5/c58-34-1-4-76(55(87)67-34)38-8-23(28(13-82)105-38)111-117(92,93)101-17-32-26(11-41(109-32)80-20-65-44-47(80)71-53(62)74-50(44)85)114-120(98,99)103-16-31-25(10-40(108-31)78-6-3-36(60)69-57(78)89)113-118(94,95)104-18-33-27(12-42(110-33)81-21-66-45-48(81)72-54(63)75-51(45)86)115-119(96,97)102-15-30-24(9-39(107-30)77-5-2-35(59)68-56(77)88)112-116(90,91)100-14-29-22(83)7-37(106-29)79-19-64-43-46(79)70-52(61)73-49(43)84/h1-6,19-33,37-42,82-83H,7-18H2,(H,90,91)(H,92,93)(H,94,95)(H,96,97)(H,98,99)(H2,58,67,87)(H2,59,68,88)(H2,60,69,89)(H3,61,70,73,84)(H3,62,71,74,85)(H3,63,72,75,86)/t22-,23-,24-,25-,26-,27-,28+,29+,30+,31+,32+,33+,37+,38+,39+,40+,41+,42+/m1/s1. The van der Waals surface area contributed by atoms with Gasteiger partial charge in [0.25, 0.3) is 16.7 Å². The van der Waals surface area contributed by atoms with Crippen molar-refractivity contribution in [1.82, 2.24) is 87.2 Å². The first-order valence-corrected chi connectivity index (χ1v) is 43.0. The third kappa shape index (κ3) is 19.0. The topological polar surface area (TPSA) is 826 Å². The summed E-state index contributed by atoms with van der Waals surface area (Å²) in [4.78, 5) is 177. The van der Waals surface area contributed by atoms with Crippen LogP contribution in [0.25, 0.3) is 33.5 Å². The molecular formula is C57H73N24O34P5. The molecule has 9 aromatic heterocycles. The minimum atomic E-state index is -5.65. The van der Waals surface area contributed by atoms with E-state index in [9.17, 15) is 86.3 Å². The Labute approximate surface area is 665 Å². The number of aliphatic hydroxyl groups excluding tert-OH is 2. The van der Waals surface area contributed by atoms with Crippen LogP contribution in [0.4, 0.5) is 35.3 Å². The van der Waals surface area contributed by atoms with Crippen molar-refractivity contribution in [2.24, 2.45) is 0 Å². The van der Waals surface area contributed by atoms with Gasteiger partial charge in [-0.3, -0.25) is 102 Å². The van der Waals surface area contributed by atoms with Crippen LogP contribution in [0.5, 0.6) is 0 Å². The summed E-state index contributed by atoms with van der Waals surface area (Å²) >= 11 is 0. The van der Waals surface area contributed by atoms with Gasteiger partial charge in [0.05, 0.1) is 64.7 Å². The number of hydrogen-bond acceptors (Lipinski definition) is 44. The zero-order chi connectivity index (χ0) is 85.4. The van der Waals surface area contributed by atoms with Gasteiger partial charge >= 0.3 is 56.2 Å². The molecule has 0 spiro atoms. The van der Waals surface area contributed by atoms with Crippen molar-refractivity contribution < 1.29 is 131 Å². The molecule has 0 aromatic carbocycles. The molecule has 6 aliphatic rings. The molecule has 15 heterocycles. The van der Waals surface area contributed by atoms with E-state index in [2.05, 4.69) is 59.8 Å². The Bertz CT molecular complexity index is 6010. The highest BCUT2D eigenvalue weighted by molar-refractivity contribution is 7.48. The Morgan fingerprint density at radius 1 is 0.367 bits per heavy atom. The van der Waals surface area contributed by atoms with Crippen molar-refractivity contribution in [1.29, 1.82) is 0 Å². The third-order valence-electron chi connectivity index (χ3n) is 19.4. The van der Waals surface area contributed by atoms with E-state index in [1.54, 1.807) is 0 Å². The fourth-order valence-corrected chi connectivity index (χ4v) is 18.8. The summed E-state index contributed by atoms with van der Waals surface area (Å²) in [6.07, 6.45) is -23.1. The number of nitrogens with one attached hydrogen (secondary N) is 3. The van der Waals surface area contributed by atoms with Gasteiger partial charge < -0.3 is 97.5 Å². The molecule has 63 heteroatoms. The van der Waals surface area contributed by atoms with Crippen molar-refractivity contribution >= 4 is 108 Å². The molecule has 6 saturated heterocycles. The molecule has 23 atom stereocenters. The lowest BCUT2D eigenvalue weighted by Gasteiger charge is -2.26. The van der Waals surface area contributed by atoms with E-state index in [-0.39, 0.29) is 75.7 Å². The second kappa shape index (κ2) is 33.9. The SMILES string of the molecule is Nc1ccn([C@@H]2C[C@@H](OP(=O)(O)OC[C@@H]3O[C@H](n4cnc5c(=O)[nH]c(N)nc54)C[C@H]3OP(=O)(O)OC[C@@H]3O[C@H](n4ccc(N)nc4=O)C[C@H]3OP(=O)(O)OC[C@@H]3O[C@H](n4cnc5c(=O)[nH]c(N)nc54)C[C@H]3OP(=O)(O)OC[C@@H]3O[C@H](n4ccc(N)nc4=O)C[C@H]3OP(=O)(O)OC[C@@H]3O[C@H](n4cnc5c(=O)[nH]c(N)nc54)C[C@H]3O)[C@H](CO)O2)c(=O)n1. The Kier molecular flexibility index (Phi) is 24.2. The number of phosphoric ester groups is 5. The molecule has 0 saturated carbocycles. The molecule has 120 heavy (non-hydrogen) atoms. The molecule has 0 amide bonds. The van der Waals surface area contributed by atoms with E-state index in [0.717, 1.165) is 43.3 Å². The second-order valence-corrected chi connectivity index (χ2v) is 34.5. The fourth-order valence-electron chi connectivity index (χ4n) is 14.0. The molecule has 650 valence electrons. The molecule has 9 aromatic rings. The summed E-state index contributed by atoms with van der Waals surface area (Å²) in [6, 6.07) is 3.66. The van der Waals surface area contributed by atoms with E-state index in [1.807, 2.05) is 0 Å². The third-order valence-corrected chi connectivity index (χ3v) is 24.5. The first-order valence-electron chi connectivity index (χ1n) is 35.5. The van der Waals surface area contributed by atoms with Gasteiger partial charge in [0.2, 0.25) is 17.8 Å². The minimum Gasteiger partial charge on any atom is -0.394 e. The maximum Gasteiger partial charge on any atom is 0.472 e. The van der Waals surface area contributed by atoms with Crippen LogP contribution in [0.15, 0.2) is 84.5 Å². The Morgan fingerprint density at radius 3 is 0.883 bits per heavy atom. The lowest BCUT2D eigenvalue weighted by molar-refractivity contribution is -0.0648. The average Bonchev–Trinajstić information content (AvgIpc) is 1.76. The molecule has 6 fully saturated rings. The number of H-pyrrole nitrogens is 3. The zero-order valence-electron chi connectivity index (χ0n) is 61.1. The molecule has 58 nitrogen and oxygen atoms in total. The normalized spacial score (nSPS) is 29.7. The number of fused-ring (bicyclic) bond motifs is 3. The number of anilines is 6. The Balaban J connectivity index is 0.632. The van der Waals surface area contributed by atoms with Crippen LogP contribution < -0.4 is 68.1 Å². The monoisotopic (exact) mass is 1790 g/mol. The van der Waals surface area contributed by atoms with Gasteiger partial charge in [-0.2, -0.15) is 29.9 Å². The van der Waals surface area contributed by atoms with Crippen LogP contribution in [-0.2, 0) is 96.5 Å². The number of ether oxygens (including phenoxy) is 6. The zero-order valence-corrected chi connectivity index (χ0v) is 65.6. The molecular weight excluding hydrogens is 1720 g/mol. The lowest BCUT2D eigenvalue weighted by atomic mass is 10.2. The van der Waals surface area contributed by atoms with E-state index in [0.29, 0.717) is 0 Å². The quantitative estimate of drug-likeness (QED) is 0.0180. The number of aliphatic hydroxyl groups is 2. The second-order valence-electron chi connectivity index (χ2n) is 27.4. The Hall–Kier alpha value is -9.28. The summed E-state index contributed by atoms with van der Waals surface area (Å²) in [5, 5.41) is 21.1. The molecule has 0 bridgehead atoms. The summed E-state index contributed by atoms with van der Waals surface area (Å²) in [5.74, 6) is -1.60. The maximum absolute atomic E-state index is 14.4. The van der Waals surface area contributed by atoms with Crippen LogP contribution in [0.2, 0.25) is 0 Å². The number of rotatable bonds is 32. The highest BCUT2D eigenvalue weighted by atomic mass is 31.2. The average molecular weight is 1790 g/mol.